The second-order valence-electron chi connectivity index (χ2n) is 4.12. The Labute approximate surface area is 97.8 Å². The van der Waals surface area contributed by atoms with Gasteiger partial charge < -0.3 is 11.1 Å². The van der Waals surface area contributed by atoms with Crippen LogP contribution in [0.15, 0.2) is 12.1 Å². The second kappa shape index (κ2) is 3.97. The van der Waals surface area contributed by atoms with Gasteiger partial charge in [-0.1, -0.05) is 19.1 Å². The zero-order valence-electron chi connectivity index (χ0n) is 8.76. The molecule has 2 atom stereocenters. The van der Waals surface area contributed by atoms with E-state index in [2.05, 4.69) is 24.5 Å². The summed E-state index contributed by atoms with van der Waals surface area (Å²) < 4.78 is 27.1. The standard InChI is InChI=1S/C11H12F2N2S/c1-5-4-8(5)15-7-3-2-6(11(14)16)9(12)10(7)13/h2-3,5,8,15H,4H2,1H3,(H2,14,16). The van der Waals surface area contributed by atoms with Gasteiger partial charge in [-0.05, 0) is 24.5 Å². The lowest BCUT2D eigenvalue weighted by Gasteiger charge is -2.09. The van der Waals surface area contributed by atoms with Crippen LogP contribution in [0.1, 0.15) is 18.9 Å². The van der Waals surface area contributed by atoms with Crippen LogP contribution in [0.4, 0.5) is 14.5 Å². The Morgan fingerprint density at radius 2 is 2.06 bits per heavy atom. The summed E-state index contributed by atoms with van der Waals surface area (Å²) in [6.07, 6.45) is 0.984. The van der Waals surface area contributed by atoms with E-state index in [4.69, 9.17) is 5.73 Å². The molecule has 0 aliphatic heterocycles. The zero-order valence-corrected chi connectivity index (χ0v) is 9.57. The van der Waals surface area contributed by atoms with Gasteiger partial charge in [0.1, 0.15) is 4.99 Å². The van der Waals surface area contributed by atoms with Crippen molar-refractivity contribution < 1.29 is 8.78 Å². The molecule has 0 heterocycles. The molecular weight excluding hydrogens is 230 g/mol. The fourth-order valence-electron chi connectivity index (χ4n) is 1.57. The number of halogens is 2. The average molecular weight is 242 g/mol. The molecule has 86 valence electrons. The number of rotatable bonds is 3. The lowest BCUT2D eigenvalue weighted by molar-refractivity contribution is 0.509. The zero-order chi connectivity index (χ0) is 11.9. The molecule has 1 aromatic rings. The van der Waals surface area contributed by atoms with Gasteiger partial charge in [0, 0.05) is 11.6 Å². The van der Waals surface area contributed by atoms with Crippen LogP contribution in [0.5, 0.6) is 0 Å². The van der Waals surface area contributed by atoms with E-state index in [1.54, 1.807) is 0 Å². The van der Waals surface area contributed by atoms with Crippen LogP contribution in [-0.2, 0) is 0 Å². The molecule has 2 unspecified atom stereocenters. The highest BCUT2D eigenvalue weighted by molar-refractivity contribution is 7.80. The molecule has 0 saturated heterocycles. The van der Waals surface area contributed by atoms with Crippen molar-refractivity contribution in [1.29, 1.82) is 0 Å². The molecule has 16 heavy (non-hydrogen) atoms. The number of hydrogen-bond acceptors (Lipinski definition) is 2. The Hall–Kier alpha value is -1.23. The third-order valence-electron chi connectivity index (χ3n) is 2.80. The van der Waals surface area contributed by atoms with E-state index in [1.807, 2.05) is 0 Å². The smallest absolute Gasteiger partial charge is 0.182 e. The van der Waals surface area contributed by atoms with Gasteiger partial charge in [-0.15, -0.1) is 0 Å². The minimum atomic E-state index is -0.981. The van der Waals surface area contributed by atoms with Crippen molar-refractivity contribution in [2.24, 2.45) is 11.7 Å². The quantitative estimate of drug-likeness (QED) is 0.799. The number of nitrogens with one attached hydrogen (secondary N) is 1. The molecule has 0 aromatic heterocycles. The van der Waals surface area contributed by atoms with Gasteiger partial charge in [0.2, 0.25) is 0 Å². The predicted octanol–water partition coefficient (Wildman–Crippen LogP) is 2.42. The number of nitrogens with two attached hydrogens (primary N) is 1. The molecule has 2 nitrogen and oxygen atoms in total. The van der Waals surface area contributed by atoms with Gasteiger partial charge in [-0.2, -0.15) is 0 Å². The number of benzene rings is 1. The summed E-state index contributed by atoms with van der Waals surface area (Å²) in [5.74, 6) is -1.38. The van der Waals surface area contributed by atoms with Crippen LogP contribution in [-0.4, -0.2) is 11.0 Å². The van der Waals surface area contributed by atoms with Crippen LogP contribution >= 0.6 is 12.2 Å². The van der Waals surface area contributed by atoms with Crippen molar-refractivity contribution >= 4 is 22.9 Å². The number of hydrogen-bond donors (Lipinski definition) is 2. The summed E-state index contributed by atoms with van der Waals surface area (Å²) >= 11 is 4.62. The maximum Gasteiger partial charge on any atom is 0.182 e. The van der Waals surface area contributed by atoms with Gasteiger partial charge in [0.25, 0.3) is 0 Å². The Morgan fingerprint density at radius 1 is 1.44 bits per heavy atom. The van der Waals surface area contributed by atoms with E-state index in [1.165, 1.54) is 12.1 Å². The van der Waals surface area contributed by atoms with Gasteiger partial charge >= 0.3 is 0 Å². The second-order valence-corrected chi connectivity index (χ2v) is 4.56. The molecular formula is C11H12F2N2S. The molecule has 2 rings (SSSR count). The highest BCUT2D eigenvalue weighted by Crippen LogP contribution is 2.34. The van der Waals surface area contributed by atoms with E-state index < -0.39 is 11.6 Å². The fraction of sp³-hybridized carbons (Fsp3) is 0.364. The topological polar surface area (TPSA) is 38.0 Å². The lowest BCUT2D eigenvalue weighted by atomic mass is 10.1. The van der Waals surface area contributed by atoms with Crippen molar-refractivity contribution in [2.45, 2.75) is 19.4 Å². The van der Waals surface area contributed by atoms with Gasteiger partial charge in [0.15, 0.2) is 11.6 Å². The predicted molar refractivity (Wildman–Crippen MR) is 63.4 cm³/mol. The minimum absolute atomic E-state index is 0.0538. The van der Waals surface area contributed by atoms with Crippen molar-refractivity contribution in [3.8, 4) is 0 Å². The molecule has 0 radical (unpaired) electrons. The summed E-state index contributed by atoms with van der Waals surface area (Å²) in [5, 5.41) is 2.94. The van der Waals surface area contributed by atoms with E-state index in [-0.39, 0.29) is 22.3 Å². The number of anilines is 1. The molecule has 1 aliphatic rings. The van der Waals surface area contributed by atoms with Crippen LogP contribution in [0, 0.1) is 17.6 Å². The fourth-order valence-corrected chi connectivity index (χ4v) is 1.73. The highest BCUT2D eigenvalue weighted by Gasteiger charge is 2.33. The van der Waals surface area contributed by atoms with Crippen LogP contribution in [0.3, 0.4) is 0 Å². The van der Waals surface area contributed by atoms with Crippen molar-refractivity contribution in [2.75, 3.05) is 5.32 Å². The first-order valence-electron chi connectivity index (χ1n) is 5.05. The molecule has 1 saturated carbocycles. The molecule has 0 amide bonds. The van der Waals surface area contributed by atoms with Gasteiger partial charge in [0.05, 0.1) is 5.69 Å². The Balaban J connectivity index is 2.27. The summed E-state index contributed by atoms with van der Waals surface area (Å²) in [6.45, 7) is 2.05. The summed E-state index contributed by atoms with van der Waals surface area (Å²) in [4.78, 5) is -0.136. The molecule has 3 N–H and O–H groups in total. The Morgan fingerprint density at radius 3 is 2.56 bits per heavy atom. The maximum atomic E-state index is 13.6. The Kier molecular flexibility index (Phi) is 2.80. The first kappa shape index (κ1) is 11.3. The normalized spacial score (nSPS) is 22.9. The van der Waals surface area contributed by atoms with Crippen molar-refractivity contribution in [3.63, 3.8) is 0 Å². The number of thiocarbonyl (C=S) groups is 1. The first-order chi connectivity index (χ1) is 7.50. The molecule has 0 spiro atoms. The van der Waals surface area contributed by atoms with E-state index >= 15 is 0 Å². The third kappa shape index (κ3) is 2.00. The molecule has 5 heteroatoms. The molecule has 1 aromatic carbocycles. The molecule has 1 aliphatic carbocycles. The monoisotopic (exact) mass is 242 g/mol. The summed E-state index contributed by atoms with van der Waals surface area (Å²) in [6, 6.07) is 3.11. The average Bonchev–Trinajstić information content (AvgIpc) is 2.89. The largest absolute Gasteiger partial charge is 0.389 e. The highest BCUT2D eigenvalue weighted by atomic mass is 32.1. The summed E-state index contributed by atoms with van der Waals surface area (Å²) in [5.41, 5.74) is 5.39. The molecule has 0 bridgehead atoms. The van der Waals surface area contributed by atoms with Crippen LogP contribution in [0.2, 0.25) is 0 Å². The van der Waals surface area contributed by atoms with Gasteiger partial charge in [-0.3, -0.25) is 0 Å². The van der Waals surface area contributed by atoms with E-state index in [0.717, 1.165) is 6.42 Å². The van der Waals surface area contributed by atoms with Gasteiger partial charge in [-0.25, -0.2) is 8.78 Å². The summed E-state index contributed by atoms with van der Waals surface area (Å²) in [7, 11) is 0. The maximum absolute atomic E-state index is 13.6. The van der Waals surface area contributed by atoms with E-state index in [9.17, 15) is 8.78 Å². The van der Waals surface area contributed by atoms with Crippen molar-refractivity contribution in [1.82, 2.24) is 0 Å². The van der Waals surface area contributed by atoms with E-state index in [0.29, 0.717) is 5.92 Å². The Bertz CT molecular complexity index is 448. The minimum Gasteiger partial charge on any atom is -0.389 e. The van der Waals surface area contributed by atoms with Crippen LogP contribution < -0.4 is 11.1 Å². The lowest BCUT2D eigenvalue weighted by Crippen LogP contribution is -2.14. The van der Waals surface area contributed by atoms with Crippen molar-refractivity contribution in [3.05, 3.63) is 29.3 Å². The SMILES string of the molecule is CC1CC1Nc1ccc(C(N)=S)c(F)c1F. The third-order valence-corrected chi connectivity index (χ3v) is 3.02. The molecule has 1 fully saturated rings. The van der Waals surface area contributed by atoms with Crippen LogP contribution in [0.25, 0.3) is 0 Å². The first-order valence-corrected chi connectivity index (χ1v) is 5.46.